The molecule has 2 atom stereocenters. The van der Waals surface area contributed by atoms with E-state index in [0.717, 1.165) is 24.2 Å². The molecular weight excluding hydrogens is 572 g/mol. The Balaban J connectivity index is 1.33. The molecule has 4 N–H and O–H groups in total. The Labute approximate surface area is 269 Å². The standard InChI is InChI=1S/C40H37ClN4/c1-3-12-38-30(4-2)32-22-21-27(25-39(32)45(38)29-13-6-5-7-14-29)26-19-20-28-24-37(40(41)44-36-18-11-9-16-34(36)42)43-35-17-10-8-15-31(35)33(28)23-26/h4-23,25,37,40,43-44H,3,24,42H2,1-2H3/b30-4-,38-12+. The van der Waals surface area contributed by atoms with Gasteiger partial charge >= 0.3 is 0 Å². The summed E-state index contributed by atoms with van der Waals surface area (Å²) >= 11 is 7.03. The van der Waals surface area contributed by atoms with Crippen LogP contribution >= 0.6 is 11.6 Å². The SMILES string of the molecule is C/C=c1\c(=C/CC)n(-c2ccccc2)c2cc(-c3ccc4c(c3)-c3ccccc3NC(C(Cl)Nc3ccccc3N)C4)ccc12. The normalized spacial score (nSPS) is 15.7. The zero-order valence-corrected chi connectivity index (χ0v) is 26.4. The number of rotatable bonds is 6. The molecule has 0 fully saturated rings. The number of nitrogens with zero attached hydrogens (tertiary/aromatic N) is 1. The Morgan fingerprint density at radius 1 is 0.889 bits per heavy atom. The van der Waals surface area contributed by atoms with Crippen LogP contribution in [0, 0.1) is 0 Å². The fourth-order valence-corrected chi connectivity index (χ4v) is 6.91. The van der Waals surface area contributed by atoms with Crippen molar-refractivity contribution >= 4 is 51.7 Å². The van der Waals surface area contributed by atoms with Gasteiger partial charge in [-0.25, -0.2) is 0 Å². The first-order valence-electron chi connectivity index (χ1n) is 15.7. The third-order valence-electron chi connectivity index (χ3n) is 8.79. The molecule has 0 bridgehead atoms. The zero-order chi connectivity index (χ0) is 30.9. The average molecular weight is 609 g/mol. The zero-order valence-electron chi connectivity index (χ0n) is 25.6. The monoisotopic (exact) mass is 608 g/mol. The number of anilines is 3. The molecule has 5 aromatic carbocycles. The molecule has 1 aliphatic rings. The minimum Gasteiger partial charge on any atom is -0.397 e. The van der Waals surface area contributed by atoms with Gasteiger partial charge in [-0.3, -0.25) is 0 Å². The highest BCUT2D eigenvalue weighted by molar-refractivity contribution is 6.22. The first-order chi connectivity index (χ1) is 22.1. The van der Waals surface area contributed by atoms with Crippen molar-refractivity contribution in [2.24, 2.45) is 0 Å². The van der Waals surface area contributed by atoms with Crippen LogP contribution in [0.25, 0.3) is 51.0 Å². The number of alkyl halides is 1. The minimum absolute atomic E-state index is 0.0537. The van der Waals surface area contributed by atoms with Crippen LogP contribution < -0.4 is 26.9 Å². The van der Waals surface area contributed by atoms with Crippen LogP contribution in [-0.2, 0) is 6.42 Å². The quantitative estimate of drug-likeness (QED) is 0.101. The van der Waals surface area contributed by atoms with Crippen molar-refractivity contribution in [2.45, 2.75) is 38.2 Å². The number of nitrogen functional groups attached to an aromatic ring is 1. The van der Waals surface area contributed by atoms with Crippen LogP contribution in [0.2, 0.25) is 0 Å². The van der Waals surface area contributed by atoms with Crippen LogP contribution in [0.15, 0.2) is 115 Å². The van der Waals surface area contributed by atoms with Gasteiger partial charge in [0.25, 0.3) is 0 Å². The smallest absolute Gasteiger partial charge is 0.122 e. The summed E-state index contributed by atoms with van der Waals surface area (Å²) in [7, 11) is 0. The first kappa shape index (κ1) is 28.8. The van der Waals surface area contributed by atoms with E-state index in [0.29, 0.717) is 5.69 Å². The highest BCUT2D eigenvalue weighted by atomic mass is 35.5. The second-order valence-electron chi connectivity index (χ2n) is 11.6. The number of hydrogen-bond donors (Lipinski definition) is 3. The summed E-state index contributed by atoms with van der Waals surface area (Å²) in [4.78, 5) is 0. The second kappa shape index (κ2) is 12.2. The van der Waals surface area contributed by atoms with E-state index in [4.69, 9.17) is 17.3 Å². The van der Waals surface area contributed by atoms with Crippen molar-refractivity contribution in [1.82, 2.24) is 4.57 Å². The maximum Gasteiger partial charge on any atom is 0.122 e. The van der Waals surface area contributed by atoms with Gasteiger partial charge in [-0.15, -0.1) is 0 Å². The maximum absolute atomic E-state index is 7.03. The summed E-state index contributed by atoms with van der Waals surface area (Å²) in [5.74, 6) is 0. The maximum atomic E-state index is 7.03. The molecule has 2 heterocycles. The summed E-state index contributed by atoms with van der Waals surface area (Å²) in [5, 5.41) is 10.9. The summed E-state index contributed by atoms with van der Waals surface area (Å²) in [6.07, 6.45) is 6.29. The molecule has 0 amide bonds. The van der Waals surface area contributed by atoms with Crippen LogP contribution in [-0.4, -0.2) is 16.1 Å². The molecule has 5 heteroatoms. The number of fused-ring (bicyclic) bond motifs is 4. The molecule has 6 aromatic rings. The van der Waals surface area contributed by atoms with E-state index in [2.05, 4.69) is 132 Å². The van der Waals surface area contributed by atoms with E-state index in [1.54, 1.807) is 0 Å². The van der Waals surface area contributed by atoms with Gasteiger partial charge in [0.15, 0.2) is 0 Å². The number of benzene rings is 5. The van der Waals surface area contributed by atoms with Gasteiger partial charge in [0, 0.05) is 32.9 Å². The summed E-state index contributed by atoms with van der Waals surface area (Å²) in [5.41, 5.74) is 16.8. The molecule has 0 spiro atoms. The summed E-state index contributed by atoms with van der Waals surface area (Å²) in [6.45, 7) is 4.33. The molecule has 1 aromatic heterocycles. The molecule has 4 nitrogen and oxygen atoms in total. The molecule has 0 saturated heterocycles. The average Bonchev–Trinajstić information content (AvgIpc) is 3.27. The number of halogens is 1. The minimum atomic E-state index is -0.375. The van der Waals surface area contributed by atoms with Crippen LogP contribution in [0.4, 0.5) is 17.1 Å². The van der Waals surface area contributed by atoms with E-state index in [9.17, 15) is 0 Å². The molecule has 0 saturated carbocycles. The topological polar surface area (TPSA) is 55.0 Å². The lowest BCUT2D eigenvalue weighted by Gasteiger charge is -2.25. The number of nitrogens with one attached hydrogen (secondary N) is 2. The highest BCUT2D eigenvalue weighted by Gasteiger charge is 2.26. The van der Waals surface area contributed by atoms with Crippen molar-refractivity contribution in [2.75, 3.05) is 16.4 Å². The molecule has 1 aliphatic heterocycles. The van der Waals surface area contributed by atoms with Gasteiger partial charge < -0.3 is 20.9 Å². The van der Waals surface area contributed by atoms with Gasteiger partial charge in [0.1, 0.15) is 5.50 Å². The Hall–Kier alpha value is -4.93. The molecule has 7 rings (SSSR count). The number of nitrogens with two attached hydrogens (primary N) is 1. The third-order valence-corrected chi connectivity index (χ3v) is 9.21. The molecule has 224 valence electrons. The molecule has 2 unspecified atom stereocenters. The molecule has 0 radical (unpaired) electrons. The van der Waals surface area contributed by atoms with E-state index in [1.807, 2.05) is 24.3 Å². The predicted molar refractivity (Wildman–Crippen MR) is 194 cm³/mol. The largest absolute Gasteiger partial charge is 0.397 e. The molecular formula is C40H37ClN4. The van der Waals surface area contributed by atoms with Crippen LogP contribution in [0.3, 0.4) is 0 Å². The Morgan fingerprint density at radius 3 is 2.42 bits per heavy atom. The van der Waals surface area contributed by atoms with Crippen LogP contribution in [0.1, 0.15) is 25.8 Å². The van der Waals surface area contributed by atoms with Gasteiger partial charge in [0.2, 0.25) is 0 Å². The van der Waals surface area contributed by atoms with Crippen molar-refractivity contribution in [1.29, 1.82) is 0 Å². The Bertz CT molecular complexity index is 2130. The van der Waals surface area contributed by atoms with Crippen molar-refractivity contribution in [3.8, 4) is 27.9 Å². The number of aromatic nitrogens is 1. The van der Waals surface area contributed by atoms with E-state index < -0.39 is 0 Å². The van der Waals surface area contributed by atoms with Gasteiger partial charge in [0.05, 0.1) is 22.9 Å². The van der Waals surface area contributed by atoms with E-state index in [-0.39, 0.29) is 11.5 Å². The fraction of sp³-hybridized carbons (Fsp3) is 0.150. The molecule has 45 heavy (non-hydrogen) atoms. The van der Waals surface area contributed by atoms with Crippen molar-refractivity contribution in [3.63, 3.8) is 0 Å². The van der Waals surface area contributed by atoms with Crippen molar-refractivity contribution in [3.05, 3.63) is 131 Å². The van der Waals surface area contributed by atoms with Gasteiger partial charge in [-0.05, 0) is 84.5 Å². The molecule has 0 aliphatic carbocycles. The second-order valence-corrected chi connectivity index (χ2v) is 12.1. The number of para-hydroxylation sites is 4. The van der Waals surface area contributed by atoms with Gasteiger partial charge in [-0.2, -0.15) is 0 Å². The summed E-state index contributed by atoms with van der Waals surface area (Å²) < 4.78 is 2.40. The van der Waals surface area contributed by atoms with E-state index >= 15 is 0 Å². The first-order valence-corrected chi connectivity index (χ1v) is 16.1. The third kappa shape index (κ3) is 5.36. The Morgan fingerprint density at radius 2 is 1.62 bits per heavy atom. The van der Waals surface area contributed by atoms with Crippen molar-refractivity contribution < 1.29 is 0 Å². The lowest BCUT2D eigenvalue weighted by molar-refractivity contribution is 0.712. The number of hydrogen-bond acceptors (Lipinski definition) is 3. The lowest BCUT2D eigenvalue weighted by atomic mass is 9.92. The predicted octanol–water partition coefficient (Wildman–Crippen LogP) is 8.55. The summed E-state index contributed by atoms with van der Waals surface area (Å²) in [6, 6.07) is 40.6. The van der Waals surface area contributed by atoms with Crippen LogP contribution in [0.5, 0.6) is 0 Å². The highest BCUT2D eigenvalue weighted by Crippen LogP contribution is 2.39. The van der Waals surface area contributed by atoms with Gasteiger partial charge in [-0.1, -0.05) is 103 Å². The fourth-order valence-electron chi connectivity index (χ4n) is 6.64. The Kier molecular flexibility index (Phi) is 7.83. The lowest BCUT2D eigenvalue weighted by Crippen LogP contribution is -2.36. The van der Waals surface area contributed by atoms with E-state index in [1.165, 1.54) is 55.0 Å².